The highest BCUT2D eigenvalue weighted by molar-refractivity contribution is 6.39. The summed E-state index contributed by atoms with van der Waals surface area (Å²) in [5.41, 5.74) is 6.19. The number of benzene rings is 3. The van der Waals surface area contributed by atoms with Crippen LogP contribution in [-0.2, 0) is 11.2 Å². The fourth-order valence-corrected chi connectivity index (χ4v) is 5.94. The second kappa shape index (κ2) is 13.0. The van der Waals surface area contributed by atoms with Crippen LogP contribution in [0, 0.1) is 12.8 Å². The van der Waals surface area contributed by atoms with Crippen LogP contribution in [0.2, 0.25) is 10.0 Å². The maximum atomic E-state index is 13.1. The van der Waals surface area contributed by atoms with Crippen molar-refractivity contribution in [2.24, 2.45) is 5.92 Å². The molecule has 1 saturated heterocycles. The van der Waals surface area contributed by atoms with Crippen LogP contribution in [0.15, 0.2) is 71.3 Å². The molecule has 1 aliphatic rings. The second-order valence-corrected chi connectivity index (χ2v) is 11.9. The van der Waals surface area contributed by atoms with E-state index in [2.05, 4.69) is 64.9 Å². The molecule has 0 unspecified atom stereocenters. The fourth-order valence-electron chi connectivity index (χ4n) is 5.36. The summed E-state index contributed by atoms with van der Waals surface area (Å²) in [7, 11) is 0. The van der Waals surface area contributed by atoms with Crippen molar-refractivity contribution in [3.05, 3.63) is 93.7 Å². The third-order valence-corrected chi connectivity index (χ3v) is 8.21. The van der Waals surface area contributed by atoms with E-state index in [-0.39, 0.29) is 12.3 Å². The van der Waals surface area contributed by atoms with Gasteiger partial charge < -0.3 is 20.1 Å². The van der Waals surface area contributed by atoms with Crippen molar-refractivity contribution >= 4 is 46.2 Å². The van der Waals surface area contributed by atoms with Crippen LogP contribution >= 0.6 is 23.2 Å². The number of nitrogens with zero attached hydrogens (tertiary/aromatic N) is 2. The number of nitrogens with one attached hydrogen (secondary N) is 2. The summed E-state index contributed by atoms with van der Waals surface area (Å²) in [6.07, 6.45) is 2.27. The lowest BCUT2D eigenvalue weighted by Crippen LogP contribution is -2.32. The molecule has 1 amide bonds. The number of piperidine rings is 1. The molecule has 0 atom stereocenters. The van der Waals surface area contributed by atoms with Gasteiger partial charge in [-0.25, -0.2) is 0 Å². The van der Waals surface area contributed by atoms with Crippen LogP contribution in [0.25, 0.3) is 11.3 Å². The lowest BCUT2D eigenvalue weighted by molar-refractivity contribution is -0.115. The number of aryl methyl sites for hydroxylation is 1. The molecule has 2 heterocycles. The molecule has 3 aromatic carbocycles. The number of hydrogen-bond donors (Lipinski definition) is 2. The predicted octanol–water partition coefficient (Wildman–Crippen LogP) is 8.59. The van der Waals surface area contributed by atoms with E-state index in [1.807, 2.05) is 18.2 Å². The zero-order valence-corrected chi connectivity index (χ0v) is 25.2. The summed E-state index contributed by atoms with van der Waals surface area (Å²) in [6.45, 7) is 9.14. The molecule has 1 fully saturated rings. The van der Waals surface area contributed by atoms with Gasteiger partial charge in [0.05, 0.1) is 16.5 Å². The van der Waals surface area contributed by atoms with Gasteiger partial charge in [0, 0.05) is 47.8 Å². The monoisotopic (exact) mass is 590 g/mol. The van der Waals surface area contributed by atoms with Gasteiger partial charge in [-0.15, -0.1) is 0 Å². The van der Waals surface area contributed by atoms with Crippen LogP contribution in [0.5, 0.6) is 0 Å². The van der Waals surface area contributed by atoms with Crippen molar-refractivity contribution in [1.29, 1.82) is 0 Å². The minimum absolute atomic E-state index is 0.0902. The van der Waals surface area contributed by atoms with Gasteiger partial charge in [0.1, 0.15) is 11.5 Å². The predicted molar refractivity (Wildman–Crippen MR) is 169 cm³/mol. The molecule has 4 aromatic rings. The highest BCUT2D eigenvalue weighted by atomic mass is 35.5. The van der Waals surface area contributed by atoms with Crippen LogP contribution in [0.4, 0.5) is 17.1 Å². The van der Waals surface area contributed by atoms with Gasteiger partial charge in [0.25, 0.3) is 0 Å². The van der Waals surface area contributed by atoms with E-state index in [0.717, 1.165) is 43.9 Å². The van der Waals surface area contributed by atoms with Crippen LogP contribution in [0.3, 0.4) is 0 Å². The quantitative estimate of drug-likeness (QED) is 0.204. The van der Waals surface area contributed by atoms with Gasteiger partial charge >= 0.3 is 0 Å². The highest BCUT2D eigenvalue weighted by Gasteiger charge is 2.23. The first kappa shape index (κ1) is 29.0. The number of halogens is 2. The van der Waals surface area contributed by atoms with Crippen molar-refractivity contribution in [2.75, 3.05) is 35.2 Å². The summed E-state index contributed by atoms with van der Waals surface area (Å²) >= 11 is 12.8. The molecule has 0 saturated carbocycles. The van der Waals surface area contributed by atoms with E-state index in [1.165, 1.54) is 11.3 Å². The molecule has 214 valence electrons. The lowest BCUT2D eigenvalue weighted by atomic mass is 9.89. The van der Waals surface area contributed by atoms with Gasteiger partial charge in [-0.3, -0.25) is 4.79 Å². The van der Waals surface area contributed by atoms with Crippen molar-refractivity contribution in [3.63, 3.8) is 0 Å². The number of aromatic nitrogens is 1. The Bertz CT molecular complexity index is 1490. The third-order valence-electron chi connectivity index (χ3n) is 7.58. The van der Waals surface area contributed by atoms with Gasteiger partial charge in [-0.05, 0) is 79.6 Å². The molecule has 0 radical (unpaired) electrons. The minimum Gasteiger partial charge on any atom is -0.385 e. The molecule has 0 bridgehead atoms. The van der Waals surface area contributed by atoms with Crippen LogP contribution < -0.4 is 15.5 Å². The first-order chi connectivity index (χ1) is 19.8. The van der Waals surface area contributed by atoms with E-state index >= 15 is 0 Å². The van der Waals surface area contributed by atoms with Gasteiger partial charge in [0.2, 0.25) is 5.91 Å². The molecular formula is C33H36Cl2N4O2. The second-order valence-electron chi connectivity index (χ2n) is 11.1. The van der Waals surface area contributed by atoms with E-state index in [1.54, 1.807) is 25.1 Å². The molecule has 0 aliphatic carbocycles. The maximum absolute atomic E-state index is 13.1. The SMILES string of the molecule is Cc1onc(-c2c(Cl)cccc2Cl)c1CC(=O)Nc1cccc(N2CCC(c3cccc(NCC(C)C)c3)CC2)c1. The number of amides is 1. The van der Waals surface area contributed by atoms with Crippen molar-refractivity contribution in [1.82, 2.24) is 5.16 Å². The van der Waals surface area contributed by atoms with Crippen LogP contribution in [-0.4, -0.2) is 30.7 Å². The molecule has 8 heteroatoms. The largest absolute Gasteiger partial charge is 0.385 e. The molecule has 0 spiro atoms. The minimum atomic E-state index is -0.164. The first-order valence-corrected chi connectivity index (χ1v) is 14.9. The molecular weight excluding hydrogens is 555 g/mol. The Labute approximate surface area is 252 Å². The fraction of sp³-hybridized carbons (Fsp3) is 0.333. The number of carbonyl (C=O) groups is 1. The van der Waals surface area contributed by atoms with E-state index in [4.69, 9.17) is 27.7 Å². The van der Waals surface area contributed by atoms with E-state index in [0.29, 0.717) is 44.5 Å². The molecule has 41 heavy (non-hydrogen) atoms. The molecule has 6 nitrogen and oxygen atoms in total. The Hall–Kier alpha value is -3.48. The maximum Gasteiger partial charge on any atom is 0.229 e. The zero-order valence-electron chi connectivity index (χ0n) is 23.7. The number of carbonyl (C=O) groups excluding carboxylic acids is 1. The Morgan fingerprint density at radius 1 is 1.00 bits per heavy atom. The summed E-state index contributed by atoms with van der Waals surface area (Å²) in [6, 6.07) is 22.2. The number of rotatable bonds is 9. The van der Waals surface area contributed by atoms with Gasteiger partial charge in [-0.1, -0.05) is 66.5 Å². The zero-order chi connectivity index (χ0) is 28.9. The summed E-state index contributed by atoms with van der Waals surface area (Å²) in [5.74, 6) is 1.55. The average molecular weight is 592 g/mol. The van der Waals surface area contributed by atoms with Gasteiger partial charge in [0.15, 0.2) is 0 Å². The normalized spacial score (nSPS) is 14.0. The molecule has 2 N–H and O–H groups in total. The van der Waals surface area contributed by atoms with Crippen molar-refractivity contribution in [3.8, 4) is 11.3 Å². The smallest absolute Gasteiger partial charge is 0.229 e. The van der Waals surface area contributed by atoms with E-state index in [9.17, 15) is 4.79 Å². The van der Waals surface area contributed by atoms with Gasteiger partial charge in [-0.2, -0.15) is 0 Å². The number of hydrogen-bond acceptors (Lipinski definition) is 5. The summed E-state index contributed by atoms with van der Waals surface area (Å²) in [4.78, 5) is 15.5. The Kier molecular flexibility index (Phi) is 9.21. The third kappa shape index (κ3) is 7.06. The number of anilines is 3. The molecule has 1 aromatic heterocycles. The standard InChI is InChI=1S/C33H36Cl2N4O2/c1-21(2)20-36-25-8-4-7-24(17-25)23-13-15-39(16-14-23)27-10-5-9-26(18-27)37-31(40)19-28-22(3)41-38-33(28)32-29(34)11-6-12-30(32)35/h4-12,17-18,21,23,36H,13-16,19-20H2,1-3H3,(H,37,40). The van der Waals surface area contributed by atoms with E-state index < -0.39 is 0 Å². The average Bonchev–Trinajstić information content (AvgIpc) is 3.31. The highest BCUT2D eigenvalue weighted by Crippen LogP contribution is 2.37. The summed E-state index contributed by atoms with van der Waals surface area (Å²) in [5, 5.41) is 11.7. The Morgan fingerprint density at radius 3 is 2.41 bits per heavy atom. The summed E-state index contributed by atoms with van der Waals surface area (Å²) < 4.78 is 5.42. The lowest BCUT2D eigenvalue weighted by Gasteiger charge is -2.34. The van der Waals surface area contributed by atoms with Crippen LogP contribution in [0.1, 0.15) is 49.5 Å². The Balaban J connectivity index is 1.21. The van der Waals surface area contributed by atoms with Crippen molar-refractivity contribution in [2.45, 2.75) is 46.0 Å². The molecule has 5 rings (SSSR count). The first-order valence-electron chi connectivity index (χ1n) is 14.2. The van der Waals surface area contributed by atoms with Crippen molar-refractivity contribution < 1.29 is 9.32 Å². The molecule has 1 aliphatic heterocycles. The topological polar surface area (TPSA) is 70.4 Å². The Morgan fingerprint density at radius 2 is 1.68 bits per heavy atom.